The van der Waals surface area contributed by atoms with Crippen LogP contribution in [0.5, 0.6) is 0 Å². The quantitative estimate of drug-likeness (QED) is 0.742. The maximum absolute atomic E-state index is 6.17. The Morgan fingerprint density at radius 1 is 1.10 bits per heavy atom. The van der Waals surface area contributed by atoms with E-state index in [0.717, 1.165) is 11.3 Å². The van der Waals surface area contributed by atoms with Crippen LogP contribution in [0.3, 0.4) is 0 Å². The van der Waals surface area contributed by atoms with E-state index in [9.17, 15) is 0 Å². The van der Waals surface area contributed by atoms with Crippen LogP contribution in [0, 0.1) is 0 Å². The van der Waals surface area contributed by atoms with Crippen LogP contribution in [-0.4, -0.2) is 24.5 Å². The lowest BCUT2D eigenvalue weighted by molar-refractivity contribution is 0.532. The summed E-state index contributed by atoms with van der Waals surface area (Å²) in [6.45, 7) is 4.14. The Balaban J connectivity index is 2.11. The first-order valence-corrected chi connectivity index (χ1v) is 6.75. The summed E-state index contributed by atoms with van der Waals surface area (Å²) in [7, 11) is 0. The van der Waals surface area contributed by atoms with E-state index < -0.39 is 0 Å². The third kappa shape index (κ3) is 2.20. The Kier molecular flexibility index (Phi) is 3.28. The highest BCUT2D eigenvalue weighted by Gasteiger charge is 2.15. The van der Waals surface area contributed by atoms with Crippen molar-refractivity contribution < 1.29 is 0 Å². The van der Waals surface area contributed by atoms with Crippen molar-refractivity contribution in [1.82, 2.24) is 24.5 Å². The molecule has 5 nitrogen and oxygen atoms in total. The lowest BCUT2D eigenvalue weighted by Gasteiger charge is -2.06. The number of halogens is 1. The van der Waals surface area contributed by atoms with E-state index in [2.05, 4.69) is 29.1 Å². The Morgan fingerprint density at radius 2 is 1.85 bits per heavy atom. The number of hydrogen-bond acceptors (Lipinski definition) is 3. The number of nitrogens with zero attached hydrogens (tertiary/aromatic N) is 5. The molecule has 2 heterocycles. The third-order valence-corrected chi connectivity index (χ3v) is 3.28. The second-order valence-electron chi connectivity index (χ2n) is 4.77. The predicted octanol–water partition coefficient (Wildman–Crippen LogP) is 3.37. The zero-order valence-corrected chi connectivity index (χ0v) is 12.0. The normalized spacial score (nSPS) is 11.2. The molecule has 6 heteroatoms. The van der Waals surface area contributed by atoms with Crippen molar-refractivity contribution in [2.45, 2.75) is 19.9 Å². The van der Waals surface area contributed by atoms with Crippen LogP contribution in [0.15, 0.2) is 42.7 Å². The summed E-state index contributed by atoms with van der Waals surface area (Å²) in [5.74, 6) is 0.707. The van der Waals surface area contributed by atoms with Gasteiger partial charge in [0.1, 0.15) is 0 Å². The van der Waals surface area contributed by atoms with Crippen LogP contribution in [0.4, 0.5) is 0 Å². The van der Waals surface area contributed by atoms with Crippen molar-refractivity contribution in [2.75, 3.05) is 0 Å². The first kappa shape index (κ1) is 12.9. The minimum absolute atomic E-state index is 0.291. The van der Waals surface area contributed by atoms with Gasteiger partial charge < -0.3 is 0 Å². The van der Waals surface area contributed by atoms with E-state index in [0.29, 0.717) is 17.1 Å². The van der Waals surface area contributed by atoms with E-state index in [1.165, 1.54) is 0 Å². The average Bonchev–Trinajstić information content (AvgIpc) is 3.06. The van der Waals surface area contributed by atoms with Crippen molar-refractivity contribution in [3.05, 3.63) is 48.0 Å². The number of benzene rings is 1. The van der Waals surface area contributed by atoms with Gasteiger partial charge in [-0.2, -0.15) is 5.10 Å². The summed E-state index contributed by atoms with van der Waals surface area (Å²) < 4.78 is 3.67. The van der Waals surface area contributed by atoms with Crippen molar-refractivity contribution in [2.24, 2.45) is 0 Å². The molecule has 0 N–H and O–H groups in total. The van der Waals surface area contributed by atoms with Crippen LogP contribution in [0.25, 0.3) is 17.1 Å². The minimum Gasteiger partial charge on any atom is -0.268 e. The lowest BCUT2D eigenvalue weighted by Crippen LogP contribution is -2.01. The molecule has 2 aromatic heterocycles. The molecule has 0 aliphatic carbocycles. The molecule has 0 radical (unpaired) electrons. The first-order valence-electron chi connectivity index (χ1n) is 6.37. The molecule has 0 atom stereocenters. The largest absolute Gasteiger partial charge is 0.268 e. The molecule has 0 unspecified atom stereocenters. The lowest BCUT2D eigenvalue weighted by atomic mass is 10.2. The van der Waals surface area contributed by atoms with Gasteiger partial charge in [0.05, 0.1) is 11.9 Å². The van der Waals surface area contributed by atoms with Gasteiger partial charge in [-0.1, -0.05) is 30.3 Å². The average molecular weight is 288 g/mol. The van der Waals surface area contributed by atoms with Gasteiger partial charge in [0.2, 0.25) is 5.28 Å². The smallest absolute Gasteiger partial charge is 0.230 e. The maximum Gasteiger partial charge on any atom is 0.230 e. The van der Waals surface area contributed by atoms with Gasteiger partial charge in [0, 0.05) is 17.8 Å². The molecule has 0 amide bonds. The van der Waals surface area contributed by atoms with E-state index in [4.69, 9.17) is 11.6 Å². The summed E-state index contributed by atoms with van der Waals surface area (Å²) in [6.07, 6.45) is 3.70. The van der Waals surface area contributed by atoms with Gasteiger partial charge in [0.15, 0.2) is 5.82 Å². The second-order valence-corrected chi connectivity index (χ2v) is 5.10. The van der Waals surface area contributed by atoms with Crippen LogP contribution < -0.4 is 0 Å². The SMILES string of the molecule is CC(C)n1cc(-n2c(Cl)nnc2-c2ccccc2)cn1. The molecule has 0 saturated heterocycles. The van der Waals surface area contributed by atoms with E-state index >= 15 is 0 Å². The molecule has 0 spiro atoms. The fraction of sp³-hybridized carbons (Fsp3) is 0.214. The van der Waals surface area contributed by atoms with Gasteiger partial charge in [-0.3, -0.25) is 9.25 Å². The van der Waals surface area contributed by atoms with Gasteiger partial charge in [-0.25, -0.2) is 0 Å². The molecule has 3 rings (SSSR count). The van der Waals surface area contributed by atoms with E-state index in [-0.39, 0.29) is 0 Å². The van der Waals surface area contributed by atoms with Crippen LogP contribution >= 0.6 is 11.6 Å². The molecule has 0 saturated carbocycles. The summed E-state index contributed by atoms with van der Waals surface area (Å²) in [6, 6.07) is 10.1. The second kappa shape index (κ2) is 5.09. The summed E-state index contributed by atoms with van der Waals surface area (Å²) in [5, 5.41) is 12.8. The first-order chi connectivity index (χ1) is 9.66. The molecule has 0 aliphatic heterocycles. The standard InChI is InChI=1S/C14H14ClN5/c1-10(2)19-9-12(8-16-19)20-13(17-18-14(20)15)11-6-4-3-5-7-11/h3-10H,1-2H3. The van der Waals surface area contributed by atoms with Crippen LogP contribution in [0.2, 0.25) is 5.28 Å². The summed E-state index contributed by atoms with van der Waals surface area (Å²) in [4.78, 5) is 0. The van der Waals surface area contributed by atoms with Crippen LogP contribution in [-0.2, 0) is 0 Å². The van der Waals surface area contributed by atoms with Crippen molar-refractivity contribution in [3.8, 4) is 17.1 Å². The highest BCUT2D eigenvalue weighted by molar-refractivity contribution is 6.28. The van der Waals surface area contributed by atoms with E-state index in [1.807, 2.05) is 41.2 Å². The fourth-order valence-corrected chi connectivity index (χ4v) is 2.21. The van der Waals surface area contributed by atoms with E-state index in [1.54, 1.807) is 10.8 Å². The molecule has 3 aromatic rings. The highest BCUT2D eigenvalue weighted by atomic mass is 35.5. The van der Waals surface area contributed by atoms with Crippen molar-refractivity contribution in [3.63, 3.8) is 0 Å². The Hall–Kier alpha value is -2.14. The summed E-state index contributed by atoms with van der Waals surface area (Å²) in [5.41, 5.74) is 1.82. The zero-order valence-electron chi connectivity index (χ0n) is 11.2. The third-order valence-electron chi connectivity index (χ3n) is 3.03. The van der Waals surface area contributed by atoms with Gasteiger partial charge in [-0.05, 0) is 25.4 Å². The van der Waals surface area contributed by atoms with Crippen molar-refractivity contribution in [1.29, 1.82) is 0 Å². The summed E-state index contributed by atoms with van der Waals surface area (Å²) >= 11 is 6.17. The van der Waals surface area contributed by atoms with Crippen LogP contribution in [0.1, 0.15) is 19.9 Å². The van der Waals surface area contributed by atoms with Gasteiger partial charge in [0.25, 0.3) is 0 Å². The minimum atomic E-state index is 0.291. The predicted molar refractivity (Wildman–Crippen MR) is 78.0 cm³/mol. The Bertz CT molecular complexity index is 714. The monoisotopic (exact) mass is 287 g/mol. The molecule has 0 bridgehead atoms. The molecular formula is C14H14ClN5. The maximum atomic E-state index is 6.17. The molecule has 1 aromatic carbocycles. The number of hydrogen-bond donors (Lipinski definition) is 0. The molecule has 0 aliphatic rings. The van der Waals surface area contributed by atoms with Gasteiger partial charge in [-0.15, -0.1) is 10.2 Å². The fourth-order valence-electron chi connectivity index (χ4n) is 1.99. The Labute approximate surface area is 121 Å². The zero-order chi connectivity index (χ0) is 14.1. The molecule has 20 heavy (non-hydrogen) atoms. The Morgan fingerprint density at radius 3 is 2.50 bits per heavy atom. The molecule has 0 fully saturated rings. The molecule has 102 valence electrons. The topological polar surface area (TPSA) is 48.5 Å². The van der Waals surface area contributed by atoms with Gasteiger partial charge >= 0.3 is 0 Å². The number of aromatic nitrogens is 5. The van der Waals surface area contributed by atoms with Crippen molar-refractivity contribution >= 4 is 11.6 Å². The molecular weight excluding hydrogens is 274 g/mol. The highest BCUT2D eigenvalue weighted by Crippen LogP contribution is 2.25. The number of rotatable bonds is 3.